The zero-order valence-electron chi connectivity index (χ0n) is 17.7. The summed E-state index contributed by atoms with van der Waals surface area (Å²) in [6.45, 7) is 6.90. The van der Waals surface area contributed by atoms with E-state index in [1.807, 2.05) is 37.3 Å². The van der Waals surface area contributed by atoms with Gasteiger partial charge in [-0.1, -0.05) is 39.0 Å². The van der Waals surface area contributed by atoms with Crippen molar-refractivity contribution in [2.45, 2.75) is 45.8 Å². The number of rotatable bonds is 7. The summed E-state index contributed by atoms with van der Waals surface area (Å²) in [5.74, 6) is 0.0615. The van der Waals surface area contributed by atoms with Gasteiger partial charge in [-0.25, -0.2) is 9.96 Å². The summed E-state index contributed by atoms with van der Waals surface area (Å²) in [4.78, 5) is 33.9. The number of hydrogen-bond donors (Lipinski definition) is 0. The smallest absolute Gasteiger partial charge is 0.266 e. The van der Waals surface area contributed by atoms with Crippen molar-refractivity contribution >= 4 is 23.2 Å². The van der Waals surface area contributed by atoms with Crippen LogP contribution in [0.15, 0.2) is 54.6 Å². The molecule has 4 rings (SSSR count). The number of fused-ring (bicyclic) bond motifs is 1. The molecule has 3 atom stereocenters. The van der Waals surface area contributed by atoms with Crippen molar-refractivity contribution in [3.8, 4) is 5.75 Å². The molecule has 30 heavy (non-hydrogen) atoms. The highest BCUT2D eigenvalue weighted by Crippen LogP contribution is 2.42. The lowest BCUT2D eigenvalue weighted by atomic mass is 9.90. The molecule has 2 aromatic rings. The second kappa shape index (κ2) is 8.48. The number of imide groups is 1. The van der Waals surface area contributed by atoms with Gasteiger partial charge in [-0.15, -0.1) is 0 Å². The van der Waals surface area contributed by atoms with Gasteiger partial charge in [0.1, 0.15) is 5.75 Å². The Morgan fingerprint density at radius 1 is 0.967 bits per heavy atom. The predicted octanol–water partition coefficient (Wildman–Crippen LogP) is 4.20. The zero-order valence-corrected chi connectivity index (χ0v) is 17.7. The van der Waals surface area contributed by atoms with E-state index in [0.717, 1.165) is 24.3 Å². The zero-order chi connectivity index (χ0) is 21.3. The topological polar surface area (TPSA) is 59.1 Å². The maximum absolute atomic E-state index is 13.4. The monoisotopic (exact) mass is 408 g/mol. The average Bonchev–Trinajstić information content (AvgIpc) is 3.23. The van der Waals surface area contributed by atoms with Gasteiger partial charge in [0.15, 0.2) is 6.10 Å². The SMILES string of the molecule is CCCOc1ccc(N2C(=O)[C@@H]3[C@H](ON(c4ccccc4)[C@H]3CC(C)C)C2=O)cc1. The molecule has 0 N–H and O–H groups in total. The molecule has 2 aliphatic rings. The maximum Gasteiger partial charge on any atom is 0.266 e. The van der Waals surface area contributed by atoms with Crippen molar-refractivity contribution in [3.05, 3.63) is 54.6 Å². The third-order valence-corrected chi connectivity index (χ3v) is 5.53. The van der Waals surface area contributed by atoms with E-state index in [1.165, 1.54) is 4.90 Å². The molecule has 0 saturated carbocycles. The molecule has 6 heteroatoms. The fourth-order valence-corrected chi connectivity index (χ4v) is 4.21. The van der Waals surface area contributed by atoms with E-state index in [1.54, 1.807) is 29.3 Å². The minimum Gasteiger partial charge on any atom is -0.494 e. The third-order valence-electron chi connectivity index (χ3n) is 5.53. The van der Waals surface area contributed by atoms with Crippen LogP contribution in [0.4, 0.5) is 11.4 Å². The van der Waals surface area contributed by atoms with Crippen LogP contribution in [0.2, 0.25) is 0 Å². The largest absolute Gasteiger partial charge is 0.494 e. The minimum absolute atomic E-state index is 0.189. The number of hydrogen-bond acceptors (Lipinski definition) is 5. The van der Waals surface area contributed by atoms with Crippen LogP contribution >= 0.6 is 0 Å². The fraction of sp³-hybridized carbons (Fsp3) is 0.417. The van der Waals surface area contributed by atoms with E-state index in [0.29, 0.717) is 18.2 Å². The van der Waals surface area contributed by atoms with Crippen LogP contribution < -0.4 is 14.7 Å². The van der Waals surface area contributed by atoms with Gasteiger partial charge in [0.25, 0.3) is 5.91 Å². The van der Waals surface area contributed by atoms with Gasteiger partial charge in [0.05, 0.1) is 29.9 Å². The van der Waals surface area contributed by atoms with E-state index in [4.69, 9.17) is 9.57 Å². The fourth-order valence-electron chi connectivity index (χ4n) is 4.21. The molecule has 2 aromatic carbocycles. The molecule has 2 saturated heterocycles. The highest BCUT2D eigenvalue weighted by Gasteiger charge is 2.59. The standard InChI is InChI=1S/C24H28N2O4/c1-4-14-29-19-12-10-17(11-13-19)25-23(27)21-20(15-16(2)3)26(30-22(21)24(25)28)18-8-6-5-7-9-18/h5-13,16,20-22H,4,14-15H2,1-3H3/t20-,21-,22-/m0/s1. The molecule has 0 bridgehead atoms. The summed E-state index contributed by atoms with van der Waals surface area (Å²) >= 11 is 0. The van der Waals surface area contributed by atoms with Gasteiger partial charge in [-0.3, -0.25) is 14.4 Å². The lowest BCUT2D eigenvalue weighted by molar-refractivity contribution is -0.126. The molecule has 2 amide bonds. The molecule has 2 heterocycles. The van der Waals surface area contributed by atoms with Gasteiger partial charge >= 0.3 is 0 Å². The minimum atomic E-state index is -0.794. The molecular weight excluding hydrogens is 380 g/mol. The number of nitrogens with zero attached hydrogens (tertiary/aromatic N) is 2. The van der Waals surface area contributed by atoms with Crippen LogP contribution in [0, 0.1) is 11.8 Å². The van der Waals surface area contributed by atoms with Crippen LogP contribution in [0.3, 0.4) is 0 Å². The number of benzene rings is 2. The van der Waals surface area contributed by atoms with Gasteiger partial charge in [-0.05, 0) is 55.2 Å². The van der Waals surface area contributed by atoms with Gasteiger partial charge in [0.2, 0.25) is 5.91 Å². The number of ether oxygens (including phenoxy) is 1. The normalized spacial score (nSPS) is 23.4. The lowest BCUT2D eigenvalue weighted by Gasteiger charge is -2.29. The molecule has 0 spiro atoms. The Labute approximate surface area is 177 Å². The second-order valence-electron chi connectivity index (χ2n) is 8.26. The first-order valence-corrected chi connectivity index (χ1v) is 10.6. The molecular formula is C24H28N2O4. The van der Waals surface area contributed by atoms with Crippen molar-refractivity contribution < 1.29 is 19.2 Å². The number of carbonyl (C=O) groups is 2. The van der Waals surface area contributed by atoms with Crippen LogP contribution in [0.1, 0.15) is 33.6 Å². The van der Waals surface area contributed by atoms with Crippen molar-refractivity contribution in [2.24, 2.45) is 11.8 Å². The molecule has 0 aromatic heterocycles. The highest BCUT2D eigenvalue weighted by molar-refractivity contribution is 6.23. The second-order valence-corrected chi connectivity index (χ2v) is 8.26. The maximum atomic E-state index is 13.4. The summed E-state index contributed by atoms with van der Waals surface area (Å²) in [5.41, 5.74) is 1.42. The summed E-state index contributed by atoms with van der Waals surface area (Å²) in [6, 6.07) is 16.6. The Kier molecular flexibility index (Phi) is 5.77. The van der Waals surface area contributed by atoms with E-state index < -0.39 is 12.0 Å². The Bertz CT molecular complexity index is 897. The predicted molar refractivity (Wildman–Crippen MR) is 115 cm³/mol. The average molecular weight is 408 g/mol. The molecule has 0 radical (unpaired) electrons. The number of hydroxylamine groups is 1. The van der Waals surface area contributed by atoms with Gasteiger partial charge < -0.3 is 4.74 Å². The van der Waals surface area contributed by atoms with Crippen LogP contribution in [-0.4, -0.2) is 30.6 Å². The van der Waals surface area contributed by atoms with E-state index in [-0.39, 0.29) is 17.9 Å². The van der Waals surface area contributed by atoms with E-state index in [9.17, 15) is 9.59 Å². The third kappa shape index (κ3) is 3.67. The first-order valence-electron chi connectivity index (χ1n) is 10.6. The van der Waals surface area contributed by atoms with Crippen molar-refractivity contribution in [3.63, 3.8) is 0 Å². The first-order chi connectivity index (χ1) is 14.5. The molecule has 2 aliphatic heterocycles. The Morgan fingerprint density at radius 3 is 2.30 bits per heavy atom. The molecule has 2 fully saturated rings. The molecule has 0 unspecified atom stereocenters. The molecule has 158 valence electrons. The first kappa shape index (κ1) is 20.4. The van der Waals surface area contributed by atoms with E-state index >= 15 is 0 Å². The van der Waals surface area contributed by atoms with E-state index in [2.05, 4.69) is 13.8 Å². The Hall–Kier alpha value is -2.86. The summed E-state index contributed by atoms with van der Waals surface area (Å²) < 4.78 is 5.61. The number of anilines is 2. The molecule has 0 aliphatic carbocycles. The van der Waals surface area contributed by atoms with Crippen LogP contribution in [-0.2, 0) is 14.4 Å². The van der Waals surface area contributed by atoms with Gasteiger partial charge in [0, 0.05) is 0 Å². The summed E-state index contributed by atoms with van der Waals surface area (Å²) in [5, 5.41) is 1.77. The highest BCUT2D eigenvalue weighted by atomic mass is 16.7. The Balaban J connectivity index is 1.60. The summed E-state index contributed by atoms with van der Waals surface area (Å²) in [7, 11) is 0. The summed E-state index contributed by atoms with van der Waals surface area (Å²) in [6.07, 6.45) is 0.880. The Morgan fingerprint density at radius 2 is 1.67 bits per heavy atom. The van der Waals surface area contributed by atoms with Crippen molar-refractivity contribution in [1.29, 1.82) is 0 Å². The van der Waals surface area contributed by atoms with Crippen LogP contribution in [0.5, 0.6) is 5.75 Å². The van der Waals surface area contributed by atoms with Crippen LogP contribution in [0.25, 0.3) is 0 Å². The number of carbonyl (C=O) groups excluding carboxylic acids is 2. The van der Waals surface area contributed by atoms with Crippen molar-refractivity contribution in [2.75, 3.05) is 16.6 Å². The molecule has 6 nitrogen and oxygen atoms in total. The quantitative estimate of drug-likeness (QED) is 0.643. The number of amides is 2. The lowest BCUT2D eigenvalue weighted by Crippen LogP contribution is -2.41. The van der Waals surface area contributed by atoms with Gasteiger partial charge in [-0.2, -0.15) is 0 Å². The number of para-hydroxylation sites is 1. The van der Waals surface area contributed by atoms with Crippen molar-refractivity contribution in [1.82, 2.24) is 0 Å².